The van der Waals surface area contributed by atoms with Crippen LogP contribution in [0.25, 0.3) is 0 Å². The summed E-state index contributed by atoms with van der Waals surface area (Å²) in [5, 5.41) is 9.19. The lowest BCUT2D eigenvalue weighted by atomic mass is 9.89. The third kappa shape index (κ3) is 5.17. The normalized spacial score (nSPS) is 23.4. The monoisotopic (exact) mass is 317 g/mol. The number of likely N-dealkylation sites (tertiary alicyclic amines) is 1. The number of carbonyl (C=O) groups excluding carboxylic acids is 1. The van der Waals surface area contributed by atoms with E-state index in [1.165, 1.54) is 6.42 Å². The van der Waals surface area contributed by atoms with Crippen molar-refractivity contribution in [2.75, 3.05) is 19.6 Å². The molecule has 0 amide bonds. The van der Waals surface area contributed by atoms with Gasteiger partial charge in [-0.15, -0.1) is 0 Å². The van der Waals surface area contributed by atoms with Gasteiger partial charge in [0.2, 0.25) is 0 Å². The summed E-state index contributed by atoms with van der Waals surface area (Å²) in [7, 11) is 0. The Morgan fingerprint density at radius 3 is 2.26 bits per heavy atom. The first kappa shape index (κ1) is 17.7. The number of nitrogens with zero attached hydrogens (tertiary/aromatic N) is 1. The van der Waals surface area contributed by atoms with Crippen LogP contribution >= 0.6 is 0 Å². The van der Waals surface area contributed by atoms with Crippen LogP contribution in [0.2, 0.25) is 0 Å². The van der Waals surface area contributed by atoms with E-state index in [1.54, 1.807) is 12.1 Å². The summed E-state index contributed by atoms with van der Waals surface area (Å²) in [5.74, 6) is -0.253. The van der Waals surface area contributed by atoms with Gasteiger partial charge in [-0.05, 0) is 25.2 Å². The smallest absolute Gasteiger partial charge is 0.304 e. The molecule has 1 aromatic carbocycles. The number of rotatable bonds is 6. The molecule has 0 aliphatic carbocycles. The average Bonchev–Trinajstić information content (AvgIpc) is 2.45. The minimum Gasteiger partial charge on any atom is -0.481 e. The zero-order valence-electron chi connectivity index (χ0n) is 14.3. The number of ketones is 1. The van der Waals surface area contributed by atoms with Crippen molar-refractivity contribution in [1.29, 1.82) is 0 Å². The molecule has 1 saturated heterocycles. The third-order valence-corrected chi connectivity index (χ3v) is 4.55. The first-order valence-electron chi connectivity index (χ1n) is 8.40. The molecule has 126 valence electrons. The second-order valence-corrected chi connectivity index (χ2v) is 7.19. The van der Waals surface area contributed by atoms with E-state index in [1.807, 2.05) is 19.1 Å². The van der Waals surface area contributed by atoms with Gasteiger partial charge in [-0.1, -0.05) is 43.7 Å². The van der Waals surface area contributed by atoms with E-state index in [-0.39, 0.29) is 12.2 Å². The average molecular weight is 317 g/mol. The molecular formula is C19H27NO3. The molecular weight excluding hydrogens is 290 g/mol. The van der Waals surface area contributed by atoms with Crippen molar-refractivity contribution in [3.05, 3.63) is 35.4 Å². The van der Waals surface area contributed by atoms with Gasteiger partial charge in [-0.3, -0.25) is 9.59 Å². The summed E-state index contributed by atoms with van der Waals surface area (Å²) < 4.78 is 0. The van der Waals surface area contributed by atoms with Crippen LogP contribution in [0.1, 0.15) is 42.6 Å². The number of Topliss-reactive ketones (excluding diaryl/α,β-unsaturated/α-hetero) is 1. The highest BCUT2D eigenvalue weighted by Crippen LogP contribution is 2.23. The SMILES string of the molecule is Cc1ccc(C(=O)C(CC(=O)O)CN2CC(C)CC(C)C2)cc1. The molecule has 0 saturated carbocycles. The molecule has 1 fully saturated rings. The van der Waals surface area contributed by atoms with Crippen LogP contribution in [0, 0.1) is 24.7 Å². The number of hydrogen-bond donors (Lipinski definition) is 1. The molecule has 0 bridgehead atoms. The predicted octanol–water partition coefficient (Wildman–Crippen LogP) is 3.25. The second kappa shape index (κ2) is 7.73. The topological polar surface area (TPSA) is 57.6 Å². The van der Waals surface area contributed by atoms with E-state index < -0.39 is 11.9 Å². The van der Waals surface area contributed by atoms with Crippen molar-refractivity contribution in [3.8, 4) is 0 Å². The van der Waals surface area contributed by atoms with Crippen molar-refractivity contribution in [2.24, 2.45) is 17.8 Å². The van der Waals surface area contributed by atoms with Crippen LogP contribution in [-0.4, -0.2) is 41.4 Å². The Hall–Kier alpha value is -1.68. The highest BCUT2D eigenvalue weighted by atomic mass is 16.4. The lowest BCUT2D eigenvalue weighted by Gasteiger charge is -2.36. The highest BCUT2D eigenvalue weighted by Gasteiger charge is 2.29. The first-order valence-corrected chi connectivity index (χ1v) is 8.40. The van der Waals surface area contributed by atoms with Crippen LogP contribution in [0.5, 0.6) is 0 Å². The summed E-state index contributed by atoms with van der Waals surface area (Å²) in [4.78, 5) is 26.2. The molecule has 1 N–H and O–H groups in total. The molecule has 1 aromatic rings. The molecule has 1 aliphatic heterocycles. The van der Waals surface area contributed by atoms with Crippen LogP contribution in [0.15, 0.2) is 24.3 Å². The maximum absolute atomic E-state index is 12.7. The van der Waals surface area contributed by atoms with Crippen molar-refractivity contribution >= 4 is 11.8 Å². The van der Waals surface area contributed by atoms with Crippen molar-refractivity contribution in [2.45, 2.75) is 33.6 Å². The Morgan fingerprint density at radius 2 is 1.74 bits per heavy atom. The van der Waals surface area contributed by atoms with Crippen molar-refractivity contribution in [3.63, 3.8) is 0 Å². The highest BCUT2D eigenvalue weighted by molar-refractivity contribution is 5.99. The van der Waals surface area contributed by atoms with Crippen LogP contribution in [-0.2, 0) is 4.79 Å². The minimum absolute atomic E-state index is 0.0571. The van der Waals surface area contributed by atoms with E-state index in [2.05, 4.69) is 18.7 Å². The summed E-state index contributed by atoms with van der Waals surface area (Å²) >= 11 is 0. The van der Waals surface area contributed by atoms with Gasteiger partial charge in [0.1, 0.15) is 0 Å². The number of carboxylic acid groups (broad SMARTS) is 1. The Labute approximate surface area is 138 Å². The number of benzene rings is 1. The molecule has 3 atom stereocenters. The zero-order valence-corrected chi connectivity index (χ0v) is 14.3. The Kier molecular flexibility index (Phi) is 5.94. The fraction of sp³-hybridized carbons (Fsp3) is 0.579. The van der Waals surface area contributed by atoms with Gasteiger partial charge in [0.25, 0.3) is 0 Å². The van der Waals surface area contributed by atoms with E-state index >= 15 is 0 Å². The van der Waals surface area contributed by atoms with Gasteiger partial charge in [-0.2, -0.15) is 0 Å². The first-order chi connectivity index (χ1) is 10.8. The predicted molar refractivity (Wildman–Crippen MR) is 90.6 cm³/mol. The van der Waals surface area contributed by atoms with Gasteiger partial charge in [0.05, 0.1) is 6.42 Å². The van der Waals surface area contributed by atoms with Gasteiger partial charge in [0, 0.05) is 31.1 Å². The van der Waals surface area contributed by atoms with Gasteiger partial charge in [0.15, 0.2) is 5.78 Å². The van der Waals surface area contributed by atoms with Crippen LogP contribution < -0.4 is 0 Å². The number of hydrogen-bond acceptors (Lipinski definition) is 3. The second-order valence-electron chi connectivity index (χ2n) is 7.19. The largest absolute Gasteiger partial charge is 0.481 e. The Morgan fingerprint density at radius 1 is 1.17 bits per heavy atom. The Balaban J connectivity index is 2.11. The van der Waals surface area contributed by atoms with Gasteiger partial charge < -0.3 is 10.0 Å². The molecule has 1 heterocycles. The fourth-order valence-electron chi connectivity index (χ4n) is 3.66. The molecule has 0 aromatic heterocycles. The number of aliphatic carboxylic acids is 1. The number of carboxylic acids is 1. The van der Waals surface area contributed by atoms with Gasteiger partial charge >= 0.3 is 5.97 Å². The lowest BCUT2D eigenvalue weighted by molar-refractivity contribution is -0.138. The molecule has 2 rings (SSSR count). The molecule has 4 heteroatoms. The molecule has 3 unspecified atom stereocenters. The minimum atomic E-state index is -0.909. The van der Waals surface area contributed by atoms with E-state index in [0.29, 0.717) is 23.9 Å². The summed E-state index contributed by atoms with van der Waals surface area (Å²) in [6, 6.07) is 7.40. The summed E-state index contributed by atoms with van der Waals surface area (Å²) in [6.45, 7) is 8.84. The zero-order chi connectivity index (χ0) is 17.0. The number of carbonyl (C=O) groups is 2. The van der Waals surface area contributed by atoms with Crippen LogP contribution in [0.4, 0.5) is 0 Å². The van der Waals surface area contributed by atoms with E-state index in [4.69, 9.17) is 0 Å². The third-order valence-electron chi connectivity index (χ3n) is 4.55. The summed E-state index contributed by atoms with van der Waals surface area (Å²) in [6.07, 6.45) is 1.10. The quantitative estimate of drug-likeness (QED) is 0.818. The van der Waals surface area contributed by atoms with E-state index in [0.717, 1.165) is 18.7 Å². The lowest BCUT2D eigenvalue weighted by Crippen LogP contribution is -2.43. The maximum atomic E-state index is 12.7. The summed E-state index contributed by atoms with van der Waals surface area (Å²) in [5.41, 5.74) is 1.70. The molecule has 4 nitrogen and oxygen atoms in total. The number of aryl methyl sites for hydroxylation is 1. The van der Waals surface area contributed by atoms with Gasteiger partial charge in [-0.25, -0.2) is 0 Å². The van der Waals surface area contributed by atoms with Crippen molar-refractivity contribution < 1.29 is 14.7 Å². The number of piperidine rings is 1. The fourth-order valence-corrected chi connectivity index (χ4v) is 3.66. The molecule has 0 radical (unpaired) electrons. The molecule has 23 heavy (non-hydrogen) atoms. The van der Waals surface area contributed by atoms with Crippen molar-refractivity contribution in [1.82, 2.24) is 4.90 Å². The molecule has 1 aliphatic rings. The standard InChI is InChI=1S/C19H27NO3/c1-13-4-6-16(7-5-13)19(23)17(9-18(21)22)12-20-10-14(2)8-15(3)11-20/h4-7,14-15,17H,8-12H2,1-3H3,(H,21,22). The Bertz CT molecular complexity index is 542. The van der Waals surface area contributed by atoms with Crippen LogP contribution in [0.3, 0.4) is 0 Å². The van der Waals surface area contributed by atoms with E-state index in [9.17, 15) is 14.7 Å². The maximum Gasteiger partial charge on any atom is 0.304 e. The molecule has 0 spiro atoms.